The van der Waals surface area contributed by atoms with E-state index in [9.17, 15) is 28.7 Å². The van der Waals surface area contributed by atoms with Crippen LogP contribution in [0.4, 0.5) is 0 Å². The van der Waals surface area contributed by atoms with E-state index in [-0.39, 0.29) is 12.8 Å². The topological polar surface area (TPSA) is 195 Å². The van der Waals surface area contributed by atoms with Gasteiger partial charge in [0.2, 0.25) is 0 Å². The first-order valence-electron chi connectivity index (χ1n) is 21.9. The number of aliphatic hydroxyl groups excluding tert-OH is 1. The van der Waals surface area contributed by atoms with E-state index in [1.807, 2.05) is 18.2 Å². The van der Waals surface area contributed by atoms with E-state index in [1.54, 1.807) is 0 Å². The summed E-state index contributed by atoms with van der Waals surface area (Å²) in [5.41, 5.74) is 0. The van der Waals surface area contributed by atoms with Crippen molar-refractivity contribution in [3.05, 3.63) is 97.2 Å². The van der Waals surface area contributed by atoms with E-state index in [1.165, 1.54) is 19.3 Å². The third kappa shape index (κ3) is 44.9. The van der Waals surface area contributed by atoms with Crippen molar-refractivity contribution in [2.45, 2.75) is 154 Å². The van der Waals surface area contributed by atoms with Crippen LogP contribution in [0.3, 0.4) is 0 Å². The molecule has 13 nitrogen and oxygen atoms in total. The van der Waals surface area contributed by atoms with Crippen LogP contribution in [-0.2, 0) is 41.8 Å². The van der Waals surface area contributed by atoms with Crippen molar-refractivity contribution in [1.82, 2.24) is 0 Å². The van der Waals surface area contributed by atoms with Crippen LogP contribution in [0, 0.1) is 0 Å². The van der Waals surface area contributed by atoms with Gasteiger partial charge in [0.25, 0.3) is 0 Å². The number of hydrogen-bond acceptors (Lipinski definition) is 10. The summed E-state index contributed by atoms with van der Waals surface area (Å²) < 4.78 is 47.7. The zero-order valence-electron chi connectivity index (χ0n) is 36.7. The Balaban J connectivity index is 4.67. The number of phosphoric acid groups is 2. The van der Waals surface area contributed by atoms with Gasteiger partial charge in [-0.15, -0.1) is 0 Å². The first-order chi connectivity index (χ1) is 29.4. The van der Waals surface area contributed by atoms with Crippen LogP contribution < -0.4 is 0 Å². The molecular formula is C46H76O13P2. The van der Waals surface area contributed by atoms with Crippen LogP contribution in [-0.4, -0.2) is 70.4 Å². The third-order valence-corrected chi connectivity index (χ3v) is 9.90. The molecule has 0 saturated heterocycles. The van der Waals surface area contributed by atoms with Crippen LogP contribution in [0.15, 0.2) is 97.2 Å². The molecule has 0 aromatic rings. The van der Waals surface area contributed by atoms with Crippen molar-refractivity contribution < 1.29 is 61.6 Å². The number of rotatable bonds is 40. The molecule has 0 amide bonds. The fraction of sp³-hybridized carbons (Fsp3) is 0.609. The van der Waals surface area contributed by atoms with Crippen LogP contribution in [0.25, 0.3) is 0 Å². The van der Waals surface area contributed by atoms with E-state index < -0.39 is 66.2 Å². The highest BCUT2D eigenvalue weighted by molar-refractivity contribution is 7.47. The van der Waals surface area contributed by atoms with Gasteiger partial charge in [-0.2, -0.15) is 0 Å². The highest BCUT2D eigenvalue weighted by atomic mass is 31.2. The Morgan fingerprint density at radius 2 is 0.934 bits per heavy atom. The molecule has 15 heteroatoms. The van der Waals surface area contributed by atoms with Crippen molar-refractivity contribution in [2.24, 2.45) is 0 Å². The number of carbonyl (C=O) groups is 2. The molecule has 61 heavy (non-hydrogen) atoms. The monoisotopic (exact) mass is 898 g/mol. The fourth-order valence-corrected chi connectivity index (χ4v) is 6.32. The maximum absolute atomic E-state index is 12.7. The smallest absolute Gasteiger partial charge is 0.462 e. The number of carbonyl (C=O) groups excluding carboxylic acids is 2. The lowest BCUT2D eigenvalue weighted by atomic mass is 10.1. The van der Waals surface area contributed by atoms with Gasteiger partial charge in [-0.1, -0.05) is 143 Å². The van der Waals surface area contributed by atoms with Crippen LogP contribution in [0.1, 0.15) is 142 Å². The highest BCUT2D eigenvalue weighted by Crippen LogP contribution is 2.43. The quantitative estimate of drug-likeness (QED) is 0.0196. The maximum atomic E-state index is 12.7. The Hall–Kier alpha value is -2.96. The Morgan fingerprint density at radius 1 is 0.492 bits per heavy atom. The van der Waals surface area contributed by atoms with Gasteiger partial charge >= 0.3 is 27.6 Å². The summed E-state index contributed by atoms with van der Waals surface area (Å²) in [4.78, 5) is 52.7. The van der Waals surface area contributed by atoms with Crippen molar-refractivity contribution in [2.75, 3.05) is 26.4 Å². The summed E-state index contributed by atoms with van der Waals surface area (Å²) >= 11 is 0. The van der Waals surface area contributed by atoms with Gasteiger partial charge in [0.05, 0.1) is 19.8 Å². The number of allylic oxidation sites excluding steroid dienone is 16. The van der Waals surface area contributed by atoms with E-state index in [0.717, 1.165) is 77.0 Å². The van der Waals surface area contributed by atoms with Gasteiger partial charge in [-0.05, 0) is 83.5 Å². The van der Waals surface area contributed by atoms with Gasteiger partial charge in [0.15, 0.2) is 6.10 Å². The molecule has 0 bridgehead atoms. The van der Waals surface area contributed by atoms with Crippen LogP contribution >= 0.6 is 15.6 Å². The van der Waals surface area contributed by atoms with Crippen molar-refractivity contribution >= 4 is 27.6 Å². The molecule has 3 atom stereocenters. The second-order valence-corrected chi connectivity index (χ2v) is 16.9. The zero-order chi connectivity index (χ0) is 45.1. The molecule has 0 aliphatic rings. The number of hydrogen-bond donors (Lipinski definition) is 4. The molecule has 0 rings (SSSR count). The highest BCUT2D eigenvalue weighted by Gasteiger charge is 2.28. The summed E-state index contributed by atoms with van der Waals surface area (Å²) in [5, 5.41) is 9.74. The minimum atomic E-state index is -4.87. The number of ether oxygens (including phenoxy) is 2. The second-order valence-electron chi connectivity index (χ2n) is 14.2. The summed E-state index contributed by atoms with van der Waals surface area (Å²) in [6.45, 7) is 1.50. The predicted octanol–water partition coefficient (Wildman–Crippen LogP) is 11.3. The largest absolute Gasteiger partial charge is 0.472 e. The average Bonchev–Trinajstić information content (AvgIpc) is 3.22. The first-order valence-corrected chi connectivity index (χ1v) is 25.0. The van der Waals surface area contributed by atoms with Crippen molar-refractivity contribution in [3.8, 4) is 0 Å². The number of phosphoric ester groups is 2. The molecular weight excluding hydrogens is 822 g/mol. The third-order valence-electron chi connectivity index (χ3n) is 8.46. The summed E-state index contributed by atoms with van der Waals surface area (Å²) in [6, 6.07) is 0. The van der Waals surface area contributed by atoms with E-state index in [4.69, 9.17) is 23.8 Å². The minimum Gasteiger partial charge on any atom is -0.462 e. The molecule has 0 aromatic heterocycles. The lowest BCUT2D eigenvalue weighted by Gasteiger charge is -2.20. The van der Waals surface area contributed by atoms with Gasteiger partial charge in [0.1, 0.15) is 12.7 Å². The summed E-state index contributed by atoms with van der Waals surface area (Å²) in [7, 11) is -9.71. The van der Waals surface area contributed by atoms with Crippen LogP contribution in [0.2, 0.25) is 0 Å². The summed E-state index contributed by atoms with van der Waals surface area (Å²) in [5.74, 6) is -1.15. The SMILES string of the molecule is CC/C=C\C/C=C\C/C=C\C/C=C\C/C=C\C/C=C\CCC(=O)OC[C@H](COP(=O)(O)OC[C@@H](O)COP(=O)(O)O)OC(=O)CCCCCCC/C=C\C/C=C\CCCCC. The average molecular weight is 899 g/mol. The second kappa shape index (κ2) is 41.1. The van der Waals surface area contributed by atoms with Gasteiger partial charge in [0, 0.05) is 12.8 Å². The normalized spacial score (nSPS) is 14.9. The Kier molecular flexibility index (Phi) is 39.1. The zero-order valence-corrected chi connectivity index (χ0v) is 38.5. The van der Waals surface area contributed by atoms with Crippen molar-refractivity contribution in [3.63, 3.8) is 0 Å². The lowest BCUT2D eigenvalue weighted by Crippen LogP contribution is -2.29. The van der Waals surface area contributed by atoms with Gasteiger partial charge in [-0.3, -0.25) is 23.2 Å². The minimum absolute atomic E-state index is 0.0613. The molecule has 1 unspecified atom stereocenters. The van der Waals surface area contributed by atoms with E-state index in [0.29, 0.717) is 19.3 Å². The lowest BCUT2D eigenvalue weighted by molar-refractivity contribution is -0.161. The molecule has 0 fully saturated rings. The summed E-state index contributed by atoms with van der Waals surface area (Å²) in [6.07, 6.45) is 48.4. The molecule has 0 aliphatic carbocycles. The Morgan fingerprint density at radius 3 is 1.46 bits per heavy atom. The molecule has 348 valence electrons. The van der Waals surface area contributed by atoms with Crippen LogP contribution in [0.5, 0.6) is 0 Å². The molecule has 0 heterocycles. The molecule has 4 N–H and O–H groups in total. The standard InChI is InChI=1S/C46H76O13P2/c1-3-5-7-9-11-13-15-17-19-20-21-22-24-25-27-29-31-33-35-37-45(48)55-41-44(42-58-61(53,54)57-40-43(47)39-56-60(50,51)52)59-46(49)38-36-34-32-30-28-26-23-18-16-14-12-10-8-6-4-2/h5,7,11-14,17-19,21-23,25,27,31,33,43-44,47H,3-4,6,8-10,15-16,20,24,26,28-30,32,34-42H2,1-2H3,(H,53,54)(H2,50,51,52)/b7-5-,13-11-,14-12-,19-17-,22-21-,23-18-,27-25-,33-31-/t43-,44+/m0/s1. The fourth-order valence-electron chi connectivity index (χ4n) is 5.17. The predicted molar refractivity (Wildman–Crippen MR) is 243 cm³/mol. The number of esters is 2. The molecule has 0 aromatic carbocycles. The maximum Gasteiger partial charge on any atom is 0.472 e. The Bertz CT molecular complexity index is 1440. The number of aliphatic hydroxyl groups is 1. The molecule has 0 saturated carbocycles. The van der Waals surface area contributed by atoms with Gasteiger partial charge in [-0.25, -0.2) is 9.13 Å². The van der Waals surface area contributed by atoms with E-state index >= 15 is 0 Å². The first kappa shape index (κ1) is 58.0. The molecule has 0 radical (unpaired) electrons. The number of unbranched alkanes of at least 4 members (excludes halogenated alkanes) is 8. The van der Waals surface area contributed by atoms with Gasteiger partial charge < -0.3 is 29.3 Å². The molecule has 0 aliphatic heterocycles. The van der Waals surface area contributed by atoms with E-state index in [2.05, 4.69) is 102 Å². The Labute approximate surface area is 366 Å². The molecule has 0 spiro atoms. The van der Waals surface area contributed by atoms with Crippen molar-refractivity contribution in [1.29, 1.82) is 0 Å².